The molecule has 1 N–H and O–H groups in total. The molecule has 0 aliphatic carbocycles. The topological polar surface area (TPSA) is 68.5 Å². The molecule has 0 unspecified atom stereocenters. The summed E-state index contributed by atoms with van der Waals surface area (Å²) in [7, 11) is 0. The Morgan fingerprint density at radius 2 is 1.89 bits per heavy atom. The molecule has 2 aromatic carbocycles. The number of hydrogen-bond donors (Lipinski definition) is 1. The van der Waals surface area contributed by atoms with Crippen molar-refractivity contribution in [1.82, 2.24) is 0 Å². The minimum absolute atomic E-state index is 0.109. The molecule has 7 heteroatoms. The molecule has 138 valence electrons. The molecule has 5 nitrogen and oxygen atoms in total. The van der Waals surface area contributed by atoms with E-state index in [2.05, 4.69) is 5.32 Å². The molecule has 3 aromatic rings. The molecule has 27 heavy (non-hydrogen) atoms. The number of carbonyl (C=O) groups excluding carboxylic acids is 2. The van der Waals surface area contributed by atoms with Crippen LogP contribution in [0.3, 0.4) is 0 Å². The van der Waals surface area contributed by atoms with Crippen molar-refractivity contribution in [3.63, 3.8) is 0 Å². The third-order valence-corrected chi connectivity index (χ3v) is 4.21. The zero-order valence-corrected chi connectivity index (χ0v) is 15.8. The highest BCUT2D eigenvalue weighted by Crippen LogP contribution is 2.31. The lowest BCUT2D eigenvalue weighted by atomic mass is 10.2. The summed E-state index contributed by atoms with van der Waals surface area (Å²) in [5.74, 6) is -0.349. The van der Waals surface area contributed by atoms with Gasteiger partial charge in [-0.3, -0.25) is 4.79 Å². The van der Waals surface area contributed by atoms with E-state index in [1.807, 2.05) is 0 Å². The highest BCUT2D eigenvalue weighted by atomic mass is 35.5. The number of furan rings is 1. The second-order valence-electron chi connectivity index (χ2n) is 5.54. The van der Waals surface area contributed by atoms with E-state index in [4.69, 9.17) is 32.4 Å². The molecule has 0 fully saturated rings. The third kappa shape index (κ3) is 4.51. The number of esters is 1. The van der Waals surface area contributed by atoms with Crippen LogP contribution in [0.5, 0.6) is 0 Å². The first-order valence-corrected chi connectivity index (χ1v) is 8.87. The molecule has 0 atom stereocenters. The van der Waals surface area contributed by atoms with E-state index in [1.54, 1.807) is 55.5 Å². The van der Waals surface area contributed by atoms with Crippen LogP contribution >= 0.6 is 23.2 Å². The molecule has 0 aliphatic rings. The molecule has 0 spiro atoms. The number of hydrogen-bond acceptors (Lipinski definition) is 4. The van der Waals surface area contributed by atoms with Crippen LogP contribution in [0.4, 0.5) is 5.69 Å². The van der Waals surface area contributed by atoms with Crippen LogP contribution in [0.25, 0.3) is 11.3 Å². The van der Waals surface area contributed by atoms with Crippen molar-refractivity contribution in [3.8, 4) is 11.3 Å². The SMILES string of the molecule is CCOC(=O)c1cccc(NC(=O)c2ccc(-c3ccc(Cl)cc3Cl)o2)c1. The van der Waals surface area contributed by atoms with Gasteiger partial charge in [0.15, 0.2) is 5.76 Å². The van der Waals surface area contributed by atoms with Crippen molar-refractivity contribution in [1.29, 1.82) is 0 Å². The van der Waals surface area contributed by atoms with Crippen LogP contribution in [0.15, 0.2) is 59.0 Å². The number of halogens is 2. The van der Waals surface area contributed by atoms with Crippen LogP contribution in [-0.4, -0.2) is 18.5 Å². The number of amides is 1. The number of rotatable bonds is 5. The van der Waals surface area contributed by atoms with E-state index in [-0.39, 0.29) is 12.4 Å². The summed E-state index contributed by atoms with van der Waals surface area (Å²) in [6.07, 6.45) is 0. The second-order valence-corrected chi connectivity index (χ2v) is 6.39. The number of nitrogens with one attached hydrogen (secondary N) is 1. The maximum atomic E-state index is 12.4. The number of ether oxygens (including phenoxy) is 1. The molecule has 1 aromatic heterocycles. The van der Waals surface area contributed by atoms with Gasteiger partial charge >= 0.3 is 5.97 Å². The molecule has 3 rings (SSSR count). The lowest BCUT2D eigenvalue weighted by Gasteiger charge is -2.06. The normalized spacial score (nSPS) is 10.5. The minimum atomic E-state index is -0.453. The van der Waals surface area contributed by atoms with E-state index in [0.717, 1.165) is 0 Å². The number of carbonyl (C=O) groups is 2. The summed E-state index contributed by atoms with van der Waals surface area (Å²) in [6.45, 7) is 2.00. The van der Waals surface area contributed by atoms with Gasteiger partial charge in [0.2, 0.25) is 0 Å². The Kier molecular flexibility index (Phi) is 5.84. The van der Waals surface area contributed by atoms with E-state index >= 15 is 0 Å². The zero-order valence-electron chi connectivity index (χ0n) is 14.3. The van der Waals surface area contributed by atoms with Crippen molar-refractivity contribution >= 4 is 40.8 Å². The zero-order chi connectivity index (χ0) is 19.4. The average molecular weight is 404 g/mol. The quantitative estimate of drug-likeness (QED) is 0.556. The van der Waals surface area contributed by atoms with E-state index in [0.29, 0.717) is 32.6 Å². The van der Waals surface area contributed by atoms with E-state index < -0.39 is 11.9 Å². The highest BCUT2D eigenvalue weighted by molar-refractivity contribution is 6.36. The Morgan fingerprint density at radius 1 is 1.07 bits per heavy atom. The van der Waals surface area contributed by atoms with Crippen LogP contribution < -0.4 is 5.32 Å². The van der Waals surface area contributed by atoms with Crippen molar-refractivity contribution in [2.45, 2.75) is 6.92 Å². The molecule has 0 radical (unpaired) electrons. The smallest absolute Gasteiger partial charge is 0.338 e. The molecular formula is C20H15Cl2NO4. The predicted octanol–water partition coefficient (Wildman–Crippen LogP) is 5.68. The summed E-state index contributed by atoms with van der Waals surface area (Å²) in [5, 5.41) is 3.62. The molecule has 0 bridgehead atoms. The molecule has 0 saturated carbocycles. The second kappa shape index (κ2) is 8.29. The van der Waals surface area contributed by atoms with Gasteiger partial charge in [0.05, 0.1) is 17.2 Å². The fourth-order valence-electron chi connectivity index (χ4n) is 2.43. The van der Waals surface area contributed by atoms with Crippen molar-refractivity contribution in [2.75, 3.05) is 11.9 Å². The van der Waals surface area contributed by atoms with Gasteiger partial charge in [-0.2, -0.15) is 0 Å². The van der Waals surface area contributed by atoms with Crippen molar-refractivity contribution in [3.05, 3.63) is 76.0 Å². The maximum absolute atomic E-state index is 12.4. The van der Waals surface area contributed by atoms with Crippen LogP contribution in [-0.2, 0) is 4.74 Å². The summed E-state index contributed by atoms with van der Waals surface area (Å²) in [5.41, 5.74) is 1.43. The first-order valence-electron chi connectivity index (χ1n) is 8.11. The Bertz CT molecular complexity index is 997. The van der Waals surface area contributed by atoms with Gasteiger partial charge in [-0.15, -0.1) is 0 Å². The fourth-order valence-corrected chi connectivity index (χ4v) is 2.93. The summed E-state index contributed by atoms with van der Waals surface area (Å²) < 4.78 is 10.6. The number of benzene rings is 2. The average Bonchev–Trinajstić information content (AvgIpc) is 3.12. The highest BCUT2D eigenvalue weighted by Gasteiger charge is 2.15. The Morgan fingerprint density at radius 3 is 2.63 bits per heavy atom. The van der Waals surface area contributed by atoms with Gasteiger partial charge in [0, 0.05) is 16.3 Å². The number of anilines is 1. The van der Waals surface area contributed by atoms with Gasteiger partial charge in [-0.1, -0.05) is 29.3 Å². The Labute approximate surface area is 165 Å². The Balaban J connectivity index is 1.77. The first-order chi connectivity index (χ1) is 13.0. The van der Waals surface area contributed by atoms with Gasteiger partial charge < -0.3 is 14.5 Å². The first kappa shape index (κ1) is 19.0. The lowest BCUT2D eigenvalue weighted by molar-refractivity contribution is 0.0526. The van der Waals surface area contributed by atoms with E-state index in [1.165, 1.54) is 6.07 Å². The molecule has 0 saturated heterocycles. The van der Waals surface area contributed by atoms with Crippen LogP contribution in [0.1, 0.15) is 27.8 Å². The fraction of sp³-hybridized carbons (Fsp3) is 0.100. The predicted molar refractivity (Wildman–Crippen MR) is 105 cm³/mol. The largest absolute Gasteiger partial charge is 0.462 e. The summed E-state index contributed by atoms with van der Waals surface area (Å²) in [4.78, 5) is 24.2. The van der Waals surface area contributed by atoms with Gasteiger partial charge in [-0.05, 0) is 55.5 Å². The molecular weight excluding hydrogens is 389 g/mol. The Hall–Kier alpha value is -2.76. The van der Waals surface area contributed by atoms with Crippen molar-refractivity contribution < 1.29 is 18.7 Å². The third-order valence-electron chi connectivity index (χ3n) is 3.66. The van der Waals surface area contributed by atoms with Crippen LogP contribution in [0.2, 0.25) is 10.0 Å². The van der Waals surface area contributed by atoms with Gasteiger partial charge in [-0.25, -0.2) is 4.79 Å². The van der Waals surface area contributed by atoms with Gasteiger partial charge in [0.1, 0.15) is 5.76 Å². The van der Waals surface area contributed by atoms with Gasteiger partial charge in [0.25, 0.3) is 5.91 Å². The van der Waals surface area contributed by atoms with Crippen molar-refractivity contribution in [2.24, 2.45) is 0 Å². The summed E-state index contributed by atoms with van der Waals surface area (Å²) in [6, 6.07) is 14.7. The summed E-state index contributed by atoms with van der Waals surface area (Å²) >= 11 is 12.1. The maximum Gasteiger partial charge on any atom is 0.338 e. The van der Waals surface area contributed by atoms with E-state index in [9.17, 15) is 9.59 Å². The molecule has 1 heterocycles. The monoisotopic (exact) mass is 403 g/mol. The van der Waals surface area contributed by atoms with Crippen LogP contribution in [0, 0.1) is 0 Å². The molecule has 1 amide bonds. The standard InChI is InChI=1S/C20H15Cl2NO4/c1-2-26-20(25)12-4-3-5-14(10-12)23-19(24)18-9-8-17(27-18)15-7-6-13(21)11-16(15)22/h3-11H,2H2,1H3,(H,23,24). The minimum Gasteiger partial charge on any atom is -0.462 e. The molecule has 0 aliphatic heterocycles. The lowest BCUT2D eigenvalue weighted by Crippen LogP contribution is -2.12.